The van der Waals surface area contributed by atoms with E-state index in [0.29, 0.717) is 12.2 Å². The molecule has 4 N–H and O–H groups in total. The largest absolute Gasteiger partial charge is 0.478 e. The summed E-state index contributed by atoms with van der Waals surface area (Å²) >= 11 is 6.02. The van der Waals surface area contributed by atoms with Gasteiger partial charge in [-0.05, 0) is 43.5 Å². The van der Waals surface area contributed by atoms with E-state index in [1.165, 1.54) is 18.2 Å². The third-order valence-corrected chi connectivity index (χ3v) is 4.34. The number of benzene rings is 1. The van der Waals surface area contributed by atoms with Crippen LogP contribution in [0.25, 0.3) is 0 Å². The van der Waals surface area contributed by atoms with E-state index in [1.807, 2.05) is 0 Å². The molecule has 0 spiro atoms. The van der Waals surface area contributed by atoms with E-state index in [1.54, 1.807) is 0 Å². The van der Waals surface area contributed by atoms with Crippen LogP contribution in [0.3, 0.4) is 0 Å². The maximum Gasteiger partial charge on any atom is 0.335 e. The lowest BCUT2D eigenvalue weighted by Gasteiger charge is -2.29. The van der Waals surface area contributed by atoms with Gasteiger partial charge in [-0.3, -0.25) is 4.79 Å². The van der Waals surface area contributed by atoms with Crippen LogP contribution in [0.1, 0.15) is 36.0 Å². The second kappa shape index (κ2) is 6.91. The molecule has 5 nitrogen and oxygen atoms in total. The van der Waals surface area contributed by atoms with Crippen LogP contribution in [0.2, 0.25) is 5.02 Å². The number of halogens is 1. The number of carboxylic acids is 1. The van der Waals surface area contributed by atoms with Crippen molar-refractivity contribution in [2.75, 3.05) is 11.9 Å². The average molecular weight is 311 g/mol. The van der Waals surface area contributed by atoms with Gasteiger partial charge in [0.15, 0.2) is 0 Å². The number of carboxylic acid groups (broad SMARTS) is 1. The highest BCUT2D eigenvalue weighted by Crippen LogP contribution is 2.31. The van der Waals surface area contributed by atoms with Gasteiger partial charge in [-0.25, -0.2) is 4.79 Å². The summed E-state index contributed by atoms with van der Waals surface area (Å²) in [6.45, 7) is 0.504. The molecule has 1 amide bonds. The van der Waals surface area contributed by atoms with E-state index >= 15 is 0 Å². The molecular formula is C15H19ClN2O3. The summed E-state index contributed by atoms with van der Waals surface area (Å²) in [6, 6.07) is 4.27. The maximum absolute atomic E-state index is 12.4. The third-order valence-electron chi connectivity index (χ3n) is 4.02. The van der Waals surface area contributed by atoms with Gasteiger partial charge >= 0.3 is 5.97 Å². The minimum atomic E-state index is -1.05. The van der Waals surface area contributed by atoms with E-state index in [4.69, 9.17) is 22.4 Å². The number of aromatic carboxylic acids is 1. The van der Waals surface area contributed by atoms with Crippen LogP contribution in [0, 0.1) is 11.8 Å². The van der Waals surface area contributed by atoms with Crippen molar-refractivity contribution in [1.82, 2.24) is 0 Å². The molecule has 2 rings (SSSR count). The molecule has 0 heterocycles. The Labute approximate surface area is 128 Å². The Morgan fingerprint density at radius 3 is 2.67 bits per heavy atom. The van der Waals surface area contributed by atoms with E-state index in [2.05, 4.69) is 5.32 Å². The molecule has 6 heteroatoms. The predicted octanol–water partition coefficient (Wildman–Crippen LogP) is 2.74. The zero-order chi connectivity index (χ0) is 15.4. The summed E-state index contributed by atoms with van der Waals surface area (Å²) in [5.41, 5.74) is 6.27. The number of carbonyl (C=O) groups is 2. The number of carbonyl (C=O) groups excluding carboxylic acids is 1. The van der Waals surface area contributed by atoms with Crippen molar-refractivity contribution in [2.24, 2.45) is 17.6 Å². The molecule has 1 aliphatic rings. The topological polar surface area (TPSA) is 92.4 Å². The number of hydrogen-bond acceptors (Lipinski definition) is 3. The Kier molecular flexibility index (Phi) is 5.20. The second-order valence-electron chi connectivity index (χ2n) is 5.38. The summed E-state index contributed by atoms with van der Waals surface area (Å²) in [7, 11) is 0. The molecule has 0 bridgehead atoms. The van der Waals surface area contributed by atoms with E-state index < -0.39 is 5.97 Å². The molecular weight excluding hydrogens is 292 g/mol. The van der Waals surface area contributed by atoms with Crippen molar-refractivity contribution in [3.8, 4) is 0 Å². The van der Waals surface area contributed by atoms with Gasteiger partial charge in [-0.2, -0.15) is 0 Å². The van der Waals surface area contributed by atoms with Crippen molar-refractivity contribution in [2.45, 2.75) is 25.7 Å². The number of nitrogens with two attached hydrogens (primary N) is 1. The Balaban J connectivity index is 2.10. The smallest absolute Gasteiger partial charge is 0.335 e. The Bertz CT molecular complexity index is 548. The van der Waals surface area contributed by atoms with Gasteiger partial charge in [0, 0.05) is 5.92 Å². The van der Waals surface area contributed by atoms with Gasteiger partial charge in [0.05, 0.1) is 16.3 Å². The van der Waals surface area contributed by atoms with Crippen molar-refractivity contribution in [3.05, 3.63) is 28.8 Å². The summed E-state index contributed by atoms with van der Waals surface area (Å²) in [5.74, 6) is -1.03. The first-order valence-electron chi connectivity index (χ1n) is 7.06. The first kappa shape index (κ1) is 15.8. The second-order valence-corrected chi connectivity index (χ2v) is 5.78. The quantitative estimate of drug-likeness (QED) is 0.797. The standard InChI is InChI=1S/C15H19ClN2O3/c16-12-7-9(15(20)21)5-6-13(12)18-14(19)11-4-2-1-3-10(11)8-17/h5-7,10-11H,1-4,8,17H2,(H,18,19)(H,20,21). The first-order chi connectivity index (χ1) is 10.0. The number of amides is 1. The van der Waals surface area contributed by atoms with Gasteiger partial charge in [0.25, 0.3) is 0 Å². The molecule has 1 fully saturated rings. The number of anilines is 1. The zero-order valence-electron chi connectivity index (χ0n) is 11.6. The van der Waals surface area contributed by atoms with E-state index in [9.17, 15) is 9.59 Å². The van der Waals surface area contributed by atoms with E-state index in [0.717, 1.165) is 25.7 Å². The highest BCUT2D eigenvalue weighted by molar-refractivity contribution is 6.34. The minimum absolute atomic E-state index is 0.0878. The van der Waals surface area contributed by atoms with Crippen LogP contribution in [0.4, 0.5) is 5.69 Å². The summed E-state index contributed by atoms with van der Waals surface area (Å²) in [5, 5.41) is 11.9. The molecule has 0 aromatic heterocycles. The lowest BCUT2D eigenvalue weighted by atomic mass is 9.78. The van der Waals surface area contributed by atoms with Crippen LogP contribution in [-0.2, 0) is 4.79 Å². The highest BCUT2D eigenvalue weighted by Gasteiger charge is 2.30. The predicted molar refractivity (Wildman–Crippen MR) is 81.5 cm³/mol. The molecule has 2 unspecified atom stereocenters. The fourth-order valence-electron chi connectivity index (χ4n) is 2.81. The fraction of sp³-hybridized carbons (Fsp3) is 0.467. The molecule has 0 radical (unpaired) electrons. The molecule has 1 aromatic carbocycles. The summed E-state index contributed by atoms with van der Waals surface area (Å²) in [4.78, 5) is 23.2. The normalized spacial score (nSPS) is 21.8. The lowest BCUT2D eigenvalue weighted by Crippen LogP contribution is -2.35. The lowest BCUT2D eigenvalue weighted by molar-refractivity contribution is -0.122. The molecule has 0 aliphatic heterocycles. The molecule has 114 valence electrons. The van der Waals surface area contributed by atoms with Crippen LogP contribution in [-0.4, -0.2) is 23.5 Å². The third kappa shape index (κ3) is 3.74. The van der Waals surface area contributed by atoms with Gasteiger partial charge in [0.1, 0.15) is 0 Å². The molecule has 0 saturated heterocycles. The molecule has 1 aliphatic carbocycles. The Hall–Kier alpha value is -1.59. The van der Waals surface area contributed by atoms with Crippen molar-refractivity contribution >= 4 is 29.2 Å². The Morgan fingerprint density at radius 2 is 2.05 bits per heavy atom. The molecule has 2 atom stereocenters. The molecule has 1 saturated carbocycles. The van der Waals surface area contributed by atoms with Crippen LogP contribution in [0.5, 0.6) is 0 Å². The highest BCUT2D eigenvalue weighted by atomic mass is 35.5. The first-order valence-corrected chi connectivity index (χ1v) is 7.44. The fourth-order valence-corrected chi connectivity index (χ4v) is 3.04. The van der Waals surface area contributed by atoms with Crippen LogP contribution < -0.4 is 11.1 Å². The summed E-state index contributed by atoms with van der Waals surface area (Å²) in [6.07, 6.45) is 3.94. The van der Waals surface area contributed by atoms with Gasteiger partial charge in [-0.1, -0.05) is 24.4 Å². The molecule has 1 aromatic rings. The number of nitrogens with one attached hydrogen (secondary N) is 1. The van der Waals surface area contributed by atoms with Crippen molar-refractivity contribution in [1.29, 1.82) is 0 Å². The number of hydrogen-bond donors (Lipinski definition) is 3. The summed E-state index contributed by atoms with van der Waals surface area (Å²) < 4.78 is 0. The zero-order valence-corrected chi connectivity index (χ0v) is 12.4. The van der Waals surface area contributed by atoms with Crippen LogP contribution in [0.15, 0.2) is 18.2 Å². The average Bonchev–Trinajstić information content (AvgIpc) is 2.48. The monoisotopic (exact) mass is 310 g/mol. The van der Waals surface area contributed by atoms with Gasteiger partial charge in [-0.15, -0.1) is 0 Å². The maximum atomic E-state index is 12.4. The SMILES string of the molecule is NCC1CCCCC1C(=O)Nc1ccc(C(=O)O)cc1Cl. The van der Waals surface area contributed by atoms with Crippen molar-refractivity contribution in [3.63, 3.8) is 0 Å². The minimum Gasteiger partial charge on any atom is -0.478 e. The van der Waals surface area contributed by atoms with E-state index in [-0.39, 0.29) is 28.3 Å². The number of rotatable bonds is 4. The van der Waals surface area contributed by atoms with Crippen molar-refractivity contribution < 1.29 is 14.7 Å². The molecule has 21 heavy (non-hydrogen) atoms. The van der Waals surface area contributed by atoms with Gasteiger partial charge in [0.2, 0.25) is 5.91 Å². The Morgan fingerprint density at radius 1 is 1.33 bits per heavy atom. The van der Waals surface area contributed by atoms with Crippen LogP contribution >= 0.6 is 11.6 Å². The van der Waals surface area contributed by atoms with Gasteiger partial charge < -0.3 is 16.2 Å².